The Balaban J connectivity index is 1.48. The Morgan fingerprint density at radius 1 is 1.29 bits per heavy atom. The molecule has 0 bridgehead atoms. The summed E-state index contributed by atoms with van der Waals surface area (Å²) < 4.78 is 8.28. The fourth-order valence-electron chi connectivity index (χ4n) is 3.83. The van der Waals surface area contributed by atoms with Gasteiger partial charge in [0, 0.05) is 18.2 Å². The molecule has 0 saturated heterocycles. The van der Waals surface area contributed by atoms with Gasteiger partial charge in [-0.3, -0.25) is 14.2 Å². The summed E-state index contributed by atoms with van der Waals surface area (Å²) in [6, 6.07) is 7.42. The van der Waals surface area contributed by atoms with Crippen LogP contribution in [0.15, 0.2) is 44.9 Å². The van der Waals surface area contributed by atoms with Crippen LogP contribution in [0.5, 0.6) is 0 Å². The molecule has 1 amide bonds. The van der Waals surface area contributed by atoms with E-state index >= 15 is 0 Å². The predicted molar refractivity (Wildman–Crippen MR) is 117 cm³/mol. The predicted octanol–water partition coefficient (Wildman–Crippen LogP) is 3.17. The number of nitrogens with one attached hydrogen (secondary N) is 1. The number of carbonyl (C=O) groups excluding carboxylic acids is 1. The first-order chi connectivity index (χ1) is 14.9. The van der Waals surface area contributed by atoms with E-state index in [9.17, 15) is 9.59 Å². The molecular formula is C21H20N6O3S. The topological polar surface area (TPSA) is 108 Å². The van der Waals surface area contributed by atoms with Crippen LogP contribution in [0.25, 0.3) is 16.7 Å². The number of rotatable bonds is 4. The van der Waals surface area contributed by atoms with E-state index < -0.39 is 0 Å². The Kier molecular flexibility index (Phi) is 4.66. The van der Waals surface area contributed by atoms with Gasteiger partial charge in [-0.15, -0.1) is 0 Å². The van der Waals surface area contributed by atoms with Gasteiger partial charge in [-0.2, -0.15) is 5.10 Å². The summed E-state index contributed by atoms with van der Waals surface area (Å²) in [7, 11) is 0. The van der Waals surface area contributed by atoms with Crippen molar-refractivity contribution >= 4 is 34.5 Å². The highest BCUT2D eigenvalue weighted by Gasteiger charge is 2.30. The maximum Gasteiger partial charge on any atom is 0.265 e. The van der Waals surface area contributed by atoms with Crippen LogP contribution in [0.4, 0.5) is 5.82 Å². The number of aryl methyl sites for hydroxylation is 3. The summed E-state index contributed by atoms with van der Waals surface area (Å²) in [6.45, 7) is 5.79. The van der Waals surface area contributed by atoms with Gasteiger partial charge in [0.2, 0.25) is 5.91 Å². The standard InChI is InChI=1S/C21H20N6O3S/c1-11-4-5-16(12(2)6-11)27-19-15(9-22-27)20(29)26-14(10-31-21(26)24-19)8-18(28)23-17-7-13(3)30-25-17/h4-7,9,14H,8,10H2,1-3H3,(H,23,25,28). The Morgan fingerprint density at radius 3 is 2.87 bits per heavy atom. The van der Waals surface area contributed by atoms with Gasteiger partial charge >= 0.3 is 0 Å². The van der Waals surface area contributed by atoms with Crippen molar-refractivity contribution in [3.8, 4) is 5.69 Å². The second-order valence-electron chi connectivity index (χ2n) is 7.69. The van der Waals surface area contributed by atoms with Crippen molar-refractivity contribution < 1.29 is 9.32 Å². The van der Waals surface area contributed by atoms with Crippen molar-refractivity contribution in [2.75, 3.05) is 11.1 Å². The van der Waals surface area contributed by atoms with E-state index in [4.69, 9.17) is 9.51 Å². The molecule has 1 N–H and O–H groups in total. The summed E-state index contributed by atoms with van der Waals surface area (Å²) in [5, 5.41) is 11.9. The van der Waals surface area contributed by atoms with Crippen LogP contribution in [-0.2, 0) is 4.79 Å². The SMILES string of the molecule is Cc1ccc(-n2ncc3c(=O)n4c(nc32)SCC4CC(=O)Nc2cc(C)on2)c(C)c1. The second-order valence-corrected chi connectivity index (χ2v) is 8.68. The lowest BCUT2D eigenvalue weighted by Gasteiger charge is -2.13. The molecule has 31 heavy (non-hydrogen) atoms. The maximum atomic E-state index is 13.3. The lowest BCUT2D eigenvalue weighted by molar-refractivity contribution is -0.116. The highest BCUT2D eigenvalue weighted by Crippen LogP contribution is 2.33. The fourth-order valence-corrected chi connectivity index (χ4v) is 4.96. The zero-order valence-electron chi connectivity index (χ0n) is 17.2. The number of aromatic nitrogens is 5. The summed E-state index contributed by atoms with van der Waals surface area (Å²) in [5.41, 5.74) is 3.44. The van der Waals surface area contributed by atoms with E-state index in [0.29, 0.717) is 33.5 Å². The first-order valence-electron chi connectivity index (χ1n) is 9.84. The van der Waals surface area contributed by atoms with Crippen LogP contribution in [0, 0.1) is 20.8 Å². The molecule has 1 unspecified atom stereocenters. The second kappa shape index (κ2) is 7.38. The number of fused-ring (bicyclic) bond motifs is 2. The average molecular weight is 436 g/mol. The molecule has 0 fully saturated rings. The van der Waals surface area contributed by atoms with E-state index in [2.05, 4.69) is 21.6 Å². The number of hydrogen-bond donors (Lipinski definition) is 1. The van der Waals surface area contributed by atoms with Gasteiger partial charge in [0.25, 0.3) is 5.56 Å². The van der Waals surface area contributed by atoms with Crippen LogP contribution in [0.2, 0.25) is 0 Å². The molecule has 1 atom stereocenters. The third-order valence-corrected chi connectivity index (χ3v) is 6.37. The first-order valence-corrected chi connectivity index (χ1v) is 10.8. The Bertz CT molecular complexity index is 1390. The van der Waals surface area contributed by atoms with Crippen LogP contribution in [-0.4, -0.2) is 36.1 Å². The molecule has 3 aromatic heterocycles. The third-order valence-electron chi connectivity index (χ3n) is 5.27. The minimum Gasteiger partial charge on any atom is -0.360 e. The van der Waals surface area contributed by atoms with Crippen molar-refractivity contribution in [3.05, 3.63) is 57.7 Å². The number of anilines is 1. The molecule has 0 radical (unpaired) electrons. The third kappa shape index (κ3) is 3.42. The smallest absolute Gasteiger partial charge is 0.265 e. The van der Waals surface area contributed by atoms with Crippen molar-refractivity contribution in [2.24, 2.45) is 0 Å². The van der Waals surface area contributed by atoms with E-state index in [0.717, 1.165) is 16.8 Å². The minimum absolute atomic E-state index is 0.143. The van der Waals surface area contributed by atoms with Gasteiger partial charge in [0.15, 0.2) is 16.6 Å². The van der Waals surface area contributed by atoms with Gasteiger partial charge in [-0.1, -0.05) is 34.6 Å². The van der Waals surface area contributed by atoms with Crippen molar-refractivity contribution in [3.63, 3.8) is 0 Å². The van der Waals surface area contributed by atoms with Crippen molar-refractivity contribution in [2.45, 2.75) is 38.4 Å². The van der Waals surface area contributed by atoms with Crippen LogP contribution in [0.1, 0.15) is 29.3 Å². The van der Waals surface area contributed by atoms with Crippen LogP contribution < -0.4 is 10.9 Å². The van der Waals surface area contributed by atoms with E-state index in [1.54, 1.807) is 28.4 Å². The molecule has 5 rings (SSSR count). The molecule has 4 aromatic rings. The highest BCUT2D eigenvalue weighted by atomic mass is 32.2. The van der Waals surface area contributed by atoms with Gasteiger partial charge in [-0.05, 0) is 32.4 Å². The molecule has 1 aliphatic heterocycles. The number of nitrogens with zero attached hydrogens (tertiary/aromatic N) is 5. The highest BCUT2D eigenvalue weighted by molar-refractivity contribution is 7.99. The largest absolute Gasteiger partial charge is 0.360 e. The Morgan fingerprint density at radius 2 is 2.13 bits per heavy atom. The van der Waals surface area contributed by atoms with Gasteiger partial charge in [-0.25, -0.2) is 9.67 Å². The molecule has 0 aliphatic carbocycles. The summed E-state index contributed by atoms with van der Waals surface area (Å²) in [6.07, 6.45) is 1.69. The number of amides is 1. The van der Waals surface area contributed by atoms with E-state index in [1.807, 2.05) is 26.0 Å². The van der Waals surface area contributed by atoms with Crippen LogP contribution in [0.3, 0.4) is 0 Å². The molecule has 10 heteroatoms. The molecular weight excluding hydrogens is 416 g/mol. The molecule has 1 aliphatic rings. The van der Waals surface area contributed by atoms with Gasteiger partial charge in [0.05, 0.1) is 17.9 Å². The zero-order valence-corrected chi connectivity index (χ0v) is 18.1. The van der Waals surface area contributed by atoms with Gasteiger partial charge < -0.3 is 9.84 Å². The number of thioether (sulfide) groups is 1. The number of carbonyl (C=O) groups is 1. The van der Waals surface area contributed by atoms with Gasteiger partial charge in [0.1, 0.15) is 11.1 Å². The van der Waals surface area contributed by atoms with Crippen molar-refractivity contribution in [1.82, 2.24) is 24.5 Å². The average Bonchev–Trinajstić information content (AvgIpc) is 3.42. The summed E-state index contributed by atoms with van der Waals surface area (Å²) in [5.74, 6) is 1.34. The zero-order chi connectivity index (χ0) is 21.7. The molecule has 1 aromatic carbocycles. The lowest BCUT2D eigenvalue weighted by atomic mass is 10.1. The quantitative estimate of drug-likeness (QED) is 0.490. The lowest BCUT2D eigenvalue weighted by Crippen LogP contribution is -2.27. The molecule has 4 heterocycles. The maximum absolute atomic E-state index is 13.3. The number of benzene rings is 1. The Hall–Kier alpha value is -3.40. The van der Waals surface area contributed by atoms with E-state index in [-0.39, 0.29) is 23.9 Å². The monoisotopic (exact) mass is 436 g/mol. The molecule has 158 valence electrons. The fraction of sp³-hybridized carbons (Fsp3) is 0.286. The Labute approximate surface area is 181 Å². The molecule has 9 nitrogen and oxygen atoms in total. The first kappa shape index (κ1) is 19.6. The minimum atomic E-state index is -0.290. The van der Waals surface area contributed by atoms with Crippen molar-refractivity contribution in [1.29, 1.82) is 0 Å². The summed E-state index contributed by atoms with van der Waals surface area (Å²) >= 11 is 1.47. The van der Waals surface area contributed by atoms with E-state index in [1.165, 1.54) is 11.8 Å². The number of hydrogen-bond acceptors (Lipinski definition) is 7. The van der Waals surface area contributed by atoms with Crippen LogP contribution >= 0.6 is 11.8 Å². The normalized spacial score (nSPS) is 15.4. The molecule has 0 spiro atoms. The molecule has 0 saturated carbocycles. The summed E-state index contributed by atoms with van der Waals surface area (Å²) in [4.78, 5) is 30.4.